The van der Waals surface area contributed by atoms with E-state index in [1.165, 1.54) is 6.08 Å². The molecule has 1 aromatic carbocycles. The molecule has 0 aliphatic rings. The molecule has 1 amide bonds. The summed E-state index contributed by atoms with van der Waals surface area (Å²) in [5, 5.41) is 11.7. The van der Waals surface area contributed by atoms with Gasteiger partial charge in [0.1, 0.15) is 11.6 Å². The van der Waals surface area contributed by atoms with E-state index >= 15 is 0 Å². The molecule has 94 valence electrons. The second-order valence-electron chi connectivity index (χ2n) is 4.12. The van der Waals surface area contributed by atoms with Crippen molar-refractivity contribution in [1.82, 2.24) is 4.98 Å². The van der Waals surface area contributed by atoms with E-state index in [0.29, 0.717) is 5.69 Å². The lowest BCUT2D eigenvalue weighted by Crippen LogP contribution is -2.13. The molecule has 0 atom stereocenters. The lowest BCUT2D eigenvalue weighted by atomic mass is 10.2. The maximum Gasteiger partial charge on any atom is 0.266 e. The molecule has 1 heterocycles. The van der Waals surface area contributed by atoms with Gasteiger partial charge in [-0.05, 0) is 42.8 Å². The lowest BCUT2D eigenvalue weighted by Gasteiger charge is -2.04. The van der Waals surface area contributed by atoms with Gasteiger partial charge in [-0.3, -0.25) is 4.79 Å². The van der Waals surface area contributed by atoms with Gasteiger partial charge in [-0.2, -0.15) is 5.26 Å². The van der Waals surface area contributed by atoms with Crippen LogP contribution in [0.5, 0.6) is 0 Å². The van der Waals surface area contributed by atoms with E-state index in [-0.39, 0.29) is 5.57 Å². The first-order valence-corrected chi connectivity index (χ1v) is 5.82. The van der Waals surface area contributed by atoms with Crippen LogP contribution in [-0.4, -0.2) is 10.9 Å². The van der Waals surface area contributed by atoms with E-state index in [1.807, 2.05) is 31.2 Å². The van der Waals surface area contributed by atoms with Crippen molar-refractivity contribution in [1.29, 1.82) is 5.26 Å². The van der Waals surface area contributed by atoms with Gasteiger partial charge in [-0.1, -0.05) is 12.1 Å². The standard InChI is InChI=1S/C15H13N3O/c1-11-4-2-5-14(8-11)18-15(19)12(10-16)9-13-6-3-7-17-13/h2-9,17H,1H3,(H,18,19)/b12-9+. The molecule has 2 aromatic rings. The summed E-state index contributed by atoms with van der Waals surface area (Å²) < 4.78 is 0. The fraction of sp³-hybridized carbons (Fsp3) is 0.0667. The molecule has 4 nitrogen and oxygen atoms in total. The van der Waals surface area contributed by atoms with Crippen molar-refractivity contribution in [2.24, 2.45) is 0 Å². The average Bonchev–Trinajstić information content (AvgIpc) is 2.88. The third kappa shape index (κ3) is 3.33. The van der Waals surface area contributed by atoms with Crippen LogP contribution in [0.2, 0.25) is 0 Å². The number of nitriles is 1. The van der Waals surface area contributed by atoms with Crippen LogP contribution in [0.1, 0.15) is 11.3 Å². The van der Waals surface area contributed by atoms with Crippen LogP contribution in [0, 0.1) is 18.3 Å². The number of aromatic nitrogens is 1. The maximum absolute atomic E-state index is 12.0. The minimum absolute atomic E-state index is 0.0592. The summed E-state index contributed by atoms with van der Waals surface area (Å²) in [5.74, 6) is -0.414. The highest BCUT2D eigenvalue weighted by Gasteiger charge is 2.09. The Bertz CT molecular complexity index is 648. The Kier molecular flexibility index (Phi) is 3.79. The number of hydrogen-bond acceptors (Lipinski definition) is 2. The number of hydrogen-bond donors (Lipinski definition) is 2. The minimum atomic E-state index is -0.414. The zero-order valence-corrected chi connectivity index (χ0v) is 10.5. The highest BCUT2D eigenvalue weighted by Crippen LogP contribution is 2.12. The molecular formula is C15H13N3O. The van der Waals surface area contributed by atoms with Gasteiger partial charge in [0.2, 0.25) is 0 Å². The SMILES string of the molecule is Cc1cccc(NC(=O)/C(C#N)=C/c2ccc[nH]2)c1. The predicted octanol–water partition coefficient (Wildman–Crippen LogP) is 2.87. The third-order valence-corrected chi connectivity index (χ3v) is 2.56. The summed E-state index contributed by atoms with van der Waals surface area (Å²) in [7, 11) is 0. The quantitative estimate of drug-likeness (QED) is 0.650. The van der Waals surface area contributed by atoms with Gasteiger partial charge in [0, 0.05) is 17.6 Å². The number of aryl methyl sites for hydroxylation is 1. The van der Waals surface area contributed by atoms with E-state index in [4.69, 9.17) is 5.26 Å². The Morgan fingerprint density at radius 1 is 1.37 bits per heavy atom. The third-order valence-electron chi connectivity index (χ3n) is 2.56. The molecule has 19 heavy (non-hydrogen) atoms. The molecule has 0 fully saturated rings. The summed E-state index contributed by atoms with van der Waals surface area (Å²) in [5.41, 5.74) is 2.50. The number of anilines is 1. The molecule has 0 saturated carbocycles. The number of carbonyl (C=O) groups excluding carboxylic acids is 1. The summed E-state index contributed by atoms with van der Waals surface area (Å²) in [6.07, 6.45) is 3.25. The average molecular weight is 251 g/mol. The first-order chi connectivity index (χ1) is 9.19. The van der Waals surface area contributed by atoms with Gasteiger partial charge in [-0.15, -0.1) is 0 Å². The minimum Gasteiger partial charge on any atom is -0.362 e. The van der Waals surface area contributed by atoms with Crippen LogP contribution in [0.3, 0.4) is 0 Å². The van der Waals surface area contributed by atoms with Gasteiger partial charge in [0.15, 0.2) is 0 Å². The number of amides is 1. The first kappa shape index (κ1) is 12.7. The Morgan fingerprint density at radius 2 is 2.21 bits per heavy atom. The van der Waals surface area contributed by atoms with Crippen molar-refractivity contribution in [3.05, 3.63) is 59.4 Å². The van der Waals surface area contributed by atoms with Gasteiger partial charge >= 0.3 is 0 Å². The van der Waals surface area contributed by atoms with E-state index in [2.05, 4.69) is 10.3 Å². The maximum atomic E-state index is 12.0. The summed E-state index contributed by atoms with van der Waals surface area (Å²) in [6, 6.07) is 12.9. The normalized spacial score (nSPS) is 10.8. The van der Waals surface area contributed by atoms with Crippen LogP contribution < -0.4 is 5.32 Å². The van der Waals surface area contributed by atoms with Crippen LogP contribution in [-0.2, 0) is 4.79 Å². The van der Waals surface area contributed by atoms with Gasteiger partial charge in [-0.25, -0.2) is 0 Å². The molecule has 0 unspecified atom stereocenters. The second-order valence-corrected chi connectivity index (χ2v) is 4.12. The molecule has 0 aliphatic carbocycles. The van der Waals surface area contributed by atoms with E-state index in [1.54, 1.807) is 24.4 Å². The predicted molar refractivity (Wildman–Crippen MR) is 74.2 cm³/mol. The van der Waals surface area contributed by atoms with Crippen molar-refractivity contribution in [3.8, 4) is 6.07 Å². The van der Waals surface area contributed by atoms with Crippen molar-refractivity contribution in [3.63, 3.8) is 0 Å². The number of nitrogens with zero attached hydrogens (tertiary/aromatic N) is 1. The lowest BCUT2D eigenvalue weighted by molar-refractivity contribution is -0.112. The fourth-order valence-corrected chi connectivity index (χ4v) is 1.66. The monoisotopic (exact) mass is 251 g/mol. The van der Waals surface area contributed by atoms with Crippen LogP contribution >= 0.6 is 0 Å². The van der Waals surface area contributed by atoms with E-state index in [0.717, 1.165) is 11.3 Å². The first-order valence-electron chi connectivity index (χ1n) is 5.82. The molecule has 1 aromatic heterocycles. The highest BCUT2D eigenvalue weighted by atomic mass is 16.1. The van der Waals surface area contributed by atoms with Gasteiger partial charge < -0.3 is 10.3 Å². The molecule has 0 bridgehead atoms. The number of rotatable bonds is 3. The Balaban J connectivity index is 2.17. The zero-order valence-electron chi connectivity index (χ0n) is 10.5. The Morgan fingerprint density at radius 3 is 2.84 bits per heavy atom. The number of carbonyl (C=O) groups is 1. The topological polar surface area (TPSA) is 68.7 Å². The van der Waals surface area contributed by atoms with Crippen LogP contribution in [0.25, 0.3) is 6.08 Å². The molecular weight excluding hydrogens is 238 g/mol. The molecule has 2 rings (SSSR count). The molecule has 2 N–H and O–H groups in total. The van der Waals surface area contributed by atoms with E-state index < -0.39 is 5.91 Å². The summed E-state index contributed by atoms with van der Waals surface area (Å²) >= 11 is 0. The fourth-order valence-electron chi connectivity index (χ4n) is 1.66. The smallest absolute Gasteiger partial charge is 0.266 e. The summed E-state index contributed by atoms with van der Waals surface area (Å²) in [6.45, 7) is 1.94. The molecule has 0 saturated heterocycles. The van der Waals surface area contributed by atoms with Gasteiger partial charge in [0.05, 0.1) is 0 Å². The van der Waals surface area contributed by atoms with E-state index in [9.17, 15) is 4.79 Å². The molecule has 0 spiro atoms. The number of aromatic amines is 1. The zero-order chi connectivity index (χ0) is 13.7. The van der Waals surface area contributed by atoms with Crippen molar-refractivity contribution < 1.29 is 4.79 Å². The number of benzene rings is 1. The Labute approximate surface area is 111 Å². The van der Waals surface area contributed by atoms with Crippen LogP contribution in [0.4, 0.5) is 5.69 Å². The number of H-pyrrole nitrogens is 1. The molecule has 0 aliphatic heterocycles. The van der Waals surface area contributed by atoms with Crippen LogP contribution in [0.15, 0.2) is 48.2 Å². The van der Waals surface area contributed by atoms with Crippen molar-refractivity contribution >= 4 is 17.7 Å². The highest BCUT2D eigenvalue weighted by molar-refractivity contribution is 6.09. The molecule has 0 radical (unpaired) electrons. The molecule has 4 heteroatoms. The van der Waals surface area contributed by atoms with Crippen molar-refractivity contribution in [2.45, 2.75) is 6.92 Å². The largest absolute Gasteiger partial charge is 0.362 e. The Hall–Kier alpha value is -2.80. The summed E-state index contributed by atoms with van der Waals surface area (Å²) in [4.78, 5) is 14.9. The van der Waals surface area contributed by atoms with Gasteiger partial charge in [0.25, 0.3) is 5.91 Å². The number of nitrogens with one attached hydrogen (secondary N) is 2. The van der Waals surface area contributed by atoms with Crippen molar-refractivity contribution in [2.75, 3.05) is 5.32 Å². The second kappa shape index (κ2) is 5.69.